The first-order chi connectivity index (χ1) is 9.15. The molecule has 0 aromatic carbocycles. The molecule has 0 saturated heterocycles. The molecule has 1 heterocycles. The van der Waals surface area contributed by atoms with E-state index in [0.717, 1.165) is 11.7 Å². The number of ether oxygens (including phenoxy) is 1. The van der Waals surface area contributed by atoms with Crippen molar-refractivity contribution in [2.24, 2.45) is 11.8 Å². The highest BCUT2D eigenvalue weighted by molar-refractivity contribution is 5.49. The van der Waals surface area contributed by atoms with Crippen molar-refractivity contribution in [3.63, 3.8) is 0 Å². The van der Waals surface area contributed by atoms with E-state index in [1.165, 1.54) is 12.8 Å². The molecule has 1 fully saturated rings. The second kappa shape index (κ2) is 6.16. The SMILES string of the molecule is CCOCc1nc(NN)cc(N(C)C(C)C2CC2)n1. The number of rotatable bonds is 7. The van der Waals surface area contributed by atoms with Crippen molar-refractivity contribution >= 4 is 11.6 Å². The van der Waals surface area contributed by atoms with Crippen LogP contribution in [0.3, 0.4) is 0 Å². The van der Waals surface area contributed by atoms with E-state index in [9.17, 15) is 0 Å². The van der Waals surface area contributed by atoms with Crippen LogP contribution in [0, 0.1) is 5.92 Å². The molecule has 1 aromatic heterocycles. The molecule has 106 valence electrons. The second-order valence-corrected chi connectivity index (χ2v) is 5.00. The Kier molecular flexibility index (Phi) is 4.55. The molecular formula is C13H23N5O. The van der Waals surface area contributed by atoms with Gasteiger partial charge < -0.3 is 15.1 Å². The van der Waals surface area contributed by atoms with Crippen LogP contribution in [0.15, 0.2) is 6.07 Å². The molecule has 0 bridgehead atoms. The zero-order chi connectivity index (χ0) is 13.8. The lowest BCUT2D eigenvalue weighted by Crippen LogP contribution is -2.31. The van der Waals surface area contributed by atoms with Crippen molar-refractivity contribution in [3.05, 3.63) is 11.9 Å². The van der Waals surface area contributed by atoms with E-state index >= 15 is 0 Å². The number of hydrazine groups is 1. The monoisotopic (exact) mass is 265 g/mol. The Bertz CT molecular complexity index is 421. The fraction of sp³-hybridized carbons (Fsp3) is 0.692. The van der Waals surface area contributed by atoms with Gasteiger partial charge >= 0.3 is 0 Å². The van der Waals surface area contributed by atoms with Crippen molar-refractivity contribution in [2.75, 3.05) is 24.0 Å². The molecule has 0 spiro atoms. The van der Waals surface area contributed by atoms with Gasteiger partial charge in [0.15, 0.2) is 5.82 Å². The van der Waals surface area contributed by atoms with E-state index in [2.05, 4.69) is 34.3 Å². The van der Waals surface area contributed by atoms with E-state index in [-0.39, 0.29) is 0 Å². The molecule has 1 unspecified atom stereocenters. The van der Waals surface area contributed by atoms with Gasteiger partial charge in [0.25, 0.3) is 0 Å². The Hall–Kier alpha value is -1.40. The summed E-state index contributed by atoms with van der Waals surface area (Å²) in [5, 5.41) is 0. The number of nitrogens with zero attached hydrogens (tertiary/aromatic N) is 3. The summed E-state index contributed by atoms with van der Waals surface area (Å²) in [6.45, 7) is 5.24. The Morgan fingerprint density at radius 2 is 2.26 bits per heavy atom. The van der Waals surface area contributed by atoms with Crippen LogP contribution in [0.2, 0.25) is 0 Å². The lowest BCUT2D eigenvalue weighted by molar-refractivity contribution is 0.128. The van der Waals surface area contributed by atoms with Gasteiger partial charge in [-0.3, -0.25) is 0 Å². The van der Waals surface area contributed by atoms with Gasteiger partial charge in [-0.25, -0.2) is 15.8 Å². The van der Waals surface area contributed by atoms with Crippen LogP contribution in [-0.4, -0.2) is 29.7 Å². The first-order valence-corrected chi connectivity index (χ1v) is 6.80. The minimum absolute atomic E-state index is 0.407. The quantitative estimate of drug-likeness (QED) is 0.575. The van der Waals surface area contributed by atoms with Crippen LogP contribution in [0.1, 0.15) is 32.5 Å². The molecule has 1 aromatic rings. The standard InChI is InChI=1S/C13H23N5O/c1-4-19-8-12-15-11(17-14)7-13(16-12)18(3)9(2)10-5-6-10/h7,9-10H,4-6,8,14H2,1-3H3,(H,15,16,17). The zero-order valence-corrected chi connectivity index (χ0v) is 11.9. The van der Waals surface area contributed by atoms with E-state index in [1.54, 1.807) is 0 Å². The third kappa shape index (κ3) is 3.54. The number of nitrogens with two attached hydrogens (primary N) is 1. The molecule has 1 atom stereocenters. The topological polar surface area (TPSA) is 76.3 Å². The normalized spacial score (nSPS) is 16.2. The van der Waals surface area contributed by atoms with Crippen molar-refractivity contribution in [1.82, 2.24) is 9.97 Å². The summed E-state index contributed by atoms with van der Waals surface area (Å²) < 4.78 is 5.36. The first kappa shape index (κ1) is 14.0. The van der Waals surface area contributed by atoms with Gasteiger partial charge in [-0.1, -0.05) is 0 Å². The minimum atomic E-state index is 0.407. The molecule has 1 aliphatic carbocycles. The second-order valence-electron chi connectivity index (χ2n) is 5.00. The maximum absolute atomic E-state index is 5.47. The first-order valence-electron chi connectivity index (χ1n) is 6.80. The molecule has 6 heteroatoms. The molecule has 0 amide bonds. The number of hydrogen-bond acceptors (Lipinski definition) is 6. The summed E-state index contributed by atoms with van der Waals surface area (Å²) in [5.74, 6) is 8.41. The Labute approximate surface area is 114 Å². The van der Waals surface area contributed by atoms with Crippen LogP contribution in [0.5, 0.6) is 0 Å². The van der Waals surface area contributed by atoms with E-state index < -0.39 is 0 Å². The fourth-order valence-corrected chi connectivity index (χ4v) is 2.10. The lowest BCUT2D eigenvalue weighted by Gasteiger charge is -2.26. The third-order valence-corrected chi connectivity index (χ3v) is 3.62. The Morgan fingerprint density at radius 1 is 1.53 bits per heavy atom. The highest BCUT2D eigenvalue weighted by Gasteiger charge is 2.31. The van der Waals surface area contributed by atoms with Gasteiger partial charge in [0, 0.05) is 25.8 Å². The predicted molar refractivity (Wildman–Crippen MR) is 75.8 cm³/mol. The number of nitrogen functional groups attached to an aromatic ring is 1. The van der Waals surface area contributed by atoms with Gasteiger partial charge in [-0.05, 0) is 32.6 Å². The van der Waals surface area contributed by atoms with Gasteiger partial charge in [0.05, 0.1) is 0 Å². The smallest absolute Gasteiger partial charge is 0.158 e. The van der Waals surface area contributed by atoms with E-state index in [4.69, 9.17) is 10.6 Å². The zero-order valence-electron chi connectivity index (χ0n) is 11.9. The van der Waals surface area contributed by atoms with Gasteiger partial charge in [-0.15, -0.1) is 0 Å². The van der Waals surface area contributed by atoms with Gasteiger partial charge in [0.2, 0.25) is 0 Å². The third-order valence-electron chi connectivity index (χ3n) is 3.62. The summed E-state index contributed by atoms with van der Waals surface area (Å²) in [6, 6.07) is 2.36. The Balaban J connectivity index is 2.17. The van der Waals surface area contributed by atoms with Crippen LogP contribution < -0.4 is 16.2 Å². The van der Waals surface area contributed by atoms with Crippen molar-refractivity contribution < 1.29 is 4.74 Å². The molecule has 1 saturated carbocycles. The number of hydrogen-bond donors (Lipinski definition) is 2. The van der Waals surface area contributed by atoms with E-state index in [0.29, 0.717) is 30.9 Å². The largest absolute Gasteiger partial charge is 0.374 e. The summed E-state index contributed by atoms with van der Waals surface area (Å²) in [7, 11) is 2.07. The van der Waals surface area contributed by atoms with E-state index in [1.807, 2.05) is 13.0 Å². The van der Waals surface area contributed by atoms with Crippen molar-refractivity contribution in [3.8, 4) is 0 Å². The van der Waals surface area contributed by atoms with Crippen molar-refractivity contribution in [2.45, 2.75) is 39.3 Å². The molecule has 6 nitrogen and oxygen atoms in total. The minimum Gasteiger partial charge on any atom is -0.374 e. The highest BCUT2D eigenvalue weighted by Crippen LogP contribution is 2.36. The number of aromatic nitrogens is 2. The molecule has 0 radical (unpaired) electrons. The maximum Gasteiger partial charge on any atom is 0.158 e. The maximum atomic E-state index is 5.47. The molecule has 1 aliphatic rings. The number of anilines is 2. The Morgan fingerprint density at radius 3 is 2.84 bits per heavy atom. The number of nitrogens with one attached hydrogen (secondary N) is 1. The van der Waals surface area contributed by atoms with Gasteiger partial charge in [0.1, 0.15) is 18.2 Å². The fourth-order valence-electron chi connectivity index (χ4n) is 2.10. The van der Waals surface area contributed by atoms with Crippen LogP contribution >= 0.6 is 0 Å². The molecule has 0 aliphatic heterocycles. The highest BCUT2D eigenvalue weighted by atomic mass is 16.5. The van der Waals surface area contributed by atoms with Crippen LogP contribution in [0.4, 0.5) is 11.6 Å². The van der Waals surface area contributed by atoms with Crippen LogP contribution in [-0.2, 0) is 11.3 Å². The summed E-state index contributed by atoms with van der Waals surface area (Å²) >= 11 is 0. The molecule has 19 heavy (non-hydrogen) atoms. The molecule has 3 N–H and O–H groups in total. The lowest BCUT2D eigenvalue weighted by atomic mass is 10.2. The summed E-state index contributed by atoms with van der Waals surface area (Å²) in [4.78, 5) is 11.0. The van der Waals surface area contributed by atoms with Crippen LogP contribution in [0.25, 0.3) is 0 Å². The predicted octanol–water partition coefficient (Wildman–Crippen LogP) is 1.53. The average Bonchev–Trinajstić information content (AvgIpc) is 3.27. The molecule has 2 rings (SSSR count). The summed E-state index contributed by atoms with van der Waals surface area (Å²) in [6.07, 6.45) is 2.62. The molecular weight excluding hydrogens is 242 g/mol. The van der Waals surface area contributed by atoms with Crippen molar-refractivity contribution in [1.29, 1.82) is 0 Å². The average molecular weight is 265 g/mol. The van der Waals surface area contributed by atoms with Gasteiger partial charge in [-0.2, -0.15) is 0 Å². The summed E-state index contributed by atoms with van der Waals surface area (Å²) in [5.41, 5.74) is 2.59.